The van der Waals surface area contributed by atoms with Crippen molar-refractivity contribution in [3.8, 4) is 0 Å². The third-order valence-electron chi connectivity index (χ3n) is 6.55. The van der Waals surface area contributed by atoms with Gasteiger partial charge in [-0.05, 0) is 36.3 Å². The number of benzene rings is 1. The molecule has 0 aromatic heterocycles. The first-order chi connectivity index (χ1) is 12.6. The molecule has 0 spiro atoms. The van der Waals surface area contributed by atoms with Gasteiger partial charge in [-0.1, -0.05) is 69.7 Å². The molecule has 0 amide bonds. The molecule has 1 aromatic rings. The van der Waals surface area contributed by atoms with E-state index in [-0.39, 0.29) is 30.1 Å². The number of aliphatic hydroxyl groups is 2. The molecule has 0 radical (unpaired) electrons. The maximum atomic E-state index is 12.4. The highest BCUT2D eigenvalue weighted by atomic mass is 16.3. The highest BCUT2D eigenvalue weighted by Gasteiger charge is 2.41. The first-order valence-corrected chi connectivity index (χ1v) is 10.6. The number of carbonyl (C=O) groups excluding carboxylic acids is 1. The lowest BCUT2D eigenvalue weighted by atomic mass is 9.83. The molecule has 2 aliphatic carbocycles. The monoisotopic (exact) mass is 358 g/mol. The van der Waals surface area contributed by atoms with Gasteiger partial charge in [0.25, 0.3) is 0 Å². The maximum absolute atomic E-state index is 12.4. The molecule has 0 bridgehead atoms. The number of aliphatic hydroxyl groups excluding tert-OH is 2. The lowest BCUT2D eigenvalue weighted by molar-refractivity contribution is -0.121. The molecule has 2 aliphatic rings. The SMILES string of the molecule is CCCCCC[C@H]1C(=O)C[C@@H](O)[C@@H]1c1ccc(C(O)C2CCCC2)cc1. The largest absolute Gasteiger partial charge is 0.392 e. The third kappa shape index (κ3) is 4.37. The van der Waals surface area contributed by atoms with E-state index in [9.17, 15) is 15.0 Å². The quantitative estimate of drug-likeness (QED) is 0.649. The molecule has 26 heavy (non-hydrogen) atoms. The summed E-state index contributed by atoms with van der Waals surface area (Å²) in [5.41, 5.74) is 2.02. The maximum Gasteiger partial charge on any atom is 0.139 e. The molecule has 1 unspecified atom stereocenters. The Morgan fingerprint density at radius 2 is 1.77 bits per heavy atom. The van der Waals surface area contributed by atoms with Crippen LogP contribution in [0.1, 0.15) is 94.3 Å². The Balaban J connectivity index is 1.68. The van der Waals surface area contributed by atoms with Gasteiger partial charge in [-0.15, -0.1) is 0 Å². The number of hydrogen-bond donors (Lipinski definition) is 2. The summed E-state index contributed by atoms with van der Waals surface area (Å²) in [5, 5.41) is 21.1. The fourth-order valence-electron chi connectivity index (χ4n) is 5.00. The van der Waals surface area contributed by atoms with Gasteiger partial charge in [-0.2, -0.15) is 0 Å². The minimum Gasteiger partial charge on any atom is -0.392 e. The fraction of sp³-hybridized carbons (Fsp3) is 0.696. The summed E-state index contributed by atoms with van der Waals surface area (Å²) in [5.74, 6) is 0.467. The molecule has 3 nitrogen and oxygen atoms in total. The van der Waals surface area contributed by atoms with Crippen molar-refractivity contribution in [1.29, 1.82) is 0 Å². The molecule has 0 heterocycles. The third-order valence-corrected chi connectivity index (χ3v) is 6.55. The van der Waals surface area contributed by atoms with Gasteiger partial charge >= 0.3 is 0 Å². The van der Waals surface area contributed by atoms with E-state index in [2.05, 4.69) is 6.92 Å². The van der Waals surface area contributed by atoms with Crippen LogP contribution in [0.4, 0.5) is 0 Å². The Bertz CT molecular complexity index is 574. The van der Waals surface area contributed by atoms with Crippen molar-refractivity contribution in [2.75, 3.05) is 0 Å². The Hall–Kier alpha value is -1.19. The molecule has 144 valence electrons. The zero-order valence-corrected chi connectivity index (χ0v) is 16.1. The van der Waals surface area contributed by atoms with E-state index < -0.39 is 6.10 Å². The van der Waals surface area contributed by atoms with Gasteiger partial charge in [0.05, 0.1) is 12.2 Å². The van der Waals surface area contributed by atoms with Crippen LogP contribution >= 0.6 is 0 Å². The zero-order valence-electron chi connectivity index (χ0n) is 16.1. The molecule has 0 saturated heterocycles. The Kier molecular flexibility index (Phi) is 6.88. The Morgan fingerprint density at radius 1 is 1.08 bits per heavy atom. The van der Waals surface area contributed by atoms with Crippen molar-refractivity contribution in [1.82, 2.24) is 0 Å². The molecule has 0 aliphatic heterocycles. The Labute approximate surface area is 157 Å². The highest BCUT2D eigenvalue weighted by Crippen LogP contribution is 2.41. The van der Waals surface area contributed by atoms with Crippen LogP contribution in [0.5, 0.6) is 0 Å². The second kappa shape index (κ2) is 9.14. The summed E-state index contributed by atoms with van der Waals surface area (Å²) < 4.78 is 0. The summed E-state index contributed by atoms with van der Waals surface area (Å²) in [6.07, 6.45) is 9.50. The van der Waals surface area contributed by atoms with Crippen LogP contribution in [0.15, 0.2) is 24.3 Å². The first kappa shape index (κ1) is 19.6. The van der Waals surface area contributed by atoms with Gasteiger partial charge < -0.3 is 10.2 Å². The molecule has 2 saturated carbocycles. The van der Waals surface area contributed by atoms with Gasteiger partial charge in [0.2, 0.25) is 0 Å². The summed E-state index contributed by atoms with van der Waals surface area (Å²) in [7, 11) is 0. The van der Waals surface area contributed by atoms with Crippen molar-refractivity contribution in [2.45, 2.75) is 89.3 Å². The number of carbonyl (C=O) groups is 1. The fourth-order valence-corrected chi connectivity index (χ4v) is 5.00. The van der Waals surface area contributed by atoms with Crippen LogP contribution < -0.4 is 0 Å². The van der Waals surface area contributed by atoms with Gasteiger partial charge in [-0.25, -0.2) is 0 Å². The smallest absolute Gasteiger partial charge is 0.139 e. The van der Waals surface area contributed by atoms with Crippen molar-refractivity contribution in [2.24, 2.45) is 11.8 Å². The van der Waals surface area contributed by atoms with E-state index in [1.807, 2.05) is 24.3 Å². The van der Waals surface area contributed by atoms with Crippen LogP contribution in [0, 0.1) is 11.8 Å². The highest BCUT2D eigenvalue weighted by molar-refractivity contribution is 5.85. The summed E-state index contributed by atoms with van der Waals surface area (Å²) >= 11 is 0. The molecule has 3 heteroatoms. The molecule has 2 fully saturated rings. The second-order valence-corrected chi connectivity index (χ2v) is 8.38. The van der Waals surface area contributed by atoms with E-state index in [4.69, 9.17) is 0 Å². The van der Waals surface area contributed by atoms with Crippen LogP contribution in [0.3, 0.4) is 0 Å². The Morgan fingerprint density at radius 3 is 2.42 bits per heavy atom. The van der Waals surface area contributed by atoms with Gasteiger partial charge in [0.1, 0.15) is 5.78 Å². The van der Waals surface area contributed by atoms with E-state index in [1.54, 1.807) is 0 Å². The van der Waals surface area contributed by atoms with Crippen molar-refractivity contribution in [3.05, 3.63) is 35.4 Å². The minimum atomic E-state index is -0.565. The number of unbranched alkanes of at least 4 members (excludes halogenated alkanes) is 3. The van der Waals surface area contributed by atoms with Crippen LogP contribution in [-0.2, 0) is 4.79 Å². The molecule has 1 aromatic carbocycles. The molecule has 2 N–H and O–H groups in total. The second-order valence-electron chi connectivity index (χ2n) is 8.38. The average Bonchev–Trinajstić information content (AvgIpc) is 3.27. The first-order valence-electron chi connectivity index (χ1n) is 10.6. The van der Waals surface area contributed by atoms with E-state index in [0.29, 0.717) is 5.92 Å². The summed E-state index contributed by atoms with van der Waals surface area (Å²) in [6, 6.07) is 8.06. The number of hydrogen-bond acceptors (Lipinski definition) is 3. The van der Waals surface area contributed by atoms with Crippen molar-refractivity contribution >= 4 is 5.78 Å². The van der Waals surface area contributed by atoms with Gasteiger partial charge in [-0.3, -0.25) is 4.79 Å². The van der Waals surface area contributed by atoms with E-state index >= 15 is 0 Å². The number of ketones is 1. The molecule has 3 rings (SSSR count). The summed E-state index contributed by atoms with van der Waals surface area (Å²) in [6.45, 7) is 2.19. The van der Waals surface area contributed by atoms with Crippen LogP contribution in [-0.4, -0.2) is 22.1 Å². The topological polar surface area (TPSA) is 57.5 Å². The van der Waals surface area contributed by atoms with Crippen molar-refractivity contribution < 1.29 is 15.0 Å². The predicted octanol–water partition coefficient (Wildman–Crippen LogP) is 4.91. The van der Waals surface area contributed by atoms with E-state index in [1.165, 1.54) is 25.7 Å². The average molecular weight is 359 g/mol. The van der Waals surface area contributed by atoms with Crippen LogP contribution in [0.2, 0.25) is 0 Å². The molecule has 4 atom stereocenters. The lowest BCUT2D eigenvalue weighted by Crippen LogP contribution is -2.19. The minimum absolute atomic E-state index is 0.0486. The van der Waals surface area contributed by atoms with Gasteiger partial charge in [0.15, 0.2) is 0 Å². The number of Topliss-reactive ketones (excluding diaryl/α,β-unsaturated/α-hetero) is 1. The lowest BCUT2D eigenvalue weighted by Gasteiger charge is -2.23. The summed E-state index contributed by atoms with van der Waals surface area (Å²) in [4.78, 5) is 12.4. The standard InChI is InChI=1S/C23H34O3/c1-2-3-4-5-10-19-20(24)15-21(25)22(19)16-11-13-18(14-12-16)23(26)17-8-6-7-9-17/h11-14,17,19,21-23,25-26H,2-10,15H2,1H3/t19-,21+,22+,23?/m0/s1. The van der Waals surface area contributed by atoms with Crippen molar-refractivity contribution in [3.63, 3.8) is 0 Å². The molecular formula is C23H34O3. The zero-order chi connectivity index (χ0) is 18.5. The number of rotatable bonds is 8. The molecular weight excluding hydrogens is 324 g/mol. The van der Waals surface area contributed by atoms with E-state index in [0.717, 1.165) is 43.2 Å². The van der Waals surface area contributed by atoms with Crippen LogP contribution in [0.25, 0.3) is 0 Å². The predicted molar refractivity (Wildman–Crippen MR) is 104 cm³/mol. The van der Waals surface area contributed by atoms with Gasteiger partial charge in [0, 0.05) is 18.3 Å². The normalized spacial score (nSPS) is 28.0.